The summed E-state index contributed by atoms with van der Waals surface area (Å²) in [6.45, 7) is 2.95. The van der Waals surface area contributed by atoms with Crippen molar-refractivity contribution in [2.75, 3.05) is 6.61 Å². The maximum absolute atomic E-state index is 9.34. The van der Waals surface area contributed by atoms with E-state index < -0.39 is 0 Å². The molecule has 0 saturated heterocycles. The van der Waals surface area contributed by atoms with E-state index in [-0.39, 0.29) is 12.4 Å². The fourth-order valence-electron chi connectivity index (χ4n) is 0.166. The van der Waals surface area contributed by atoms with Crippen molar-refractivity contribution in [2.24, 2.45) is 0 Å². The Bertz CT molecular complexity index is 38.7. The van der Waals surface area contributed by atoms with E-state index in [0.717, 1.165) is 6.42 Å². The van der Waals surface area contributed by atoms with Gasteiger partial charge in [-0.05, 0) is 6.42 Å². The lowest BCUT2D eigenvalue weighted by Crippen LogP contribution is -1.86. The highest BCUT2D eigenvalue weighted by molar-refractivity contribution is 5.85. The third-order valence-electron chi connectivity index (χ3n) is 0.390. The zero-order chi connectivity index (χ0) is 4.83. The Morgan fingerprint density at radius 3 is 2.43 bits per heavy atom. The zero-order valence-electron chi connectivity index (χ0n) is 4.22. The summed E-state index contributed by atoms with van der Waals surface area (Å²) >= 11 is 0. The van der Waals surface area contributed by atoms with Gasteiger partial charge in [-0.15, -0.1) is 12.4 Å². The predicted molar refractivity (Wildman–Crippen MR) is 29.6 cm³/mol. The molecule has 0 aliphatic heterocycles. The fraction of sp³-hybridized carbons (Fsp3) is 0.750. The highest BCUT2D eigenvalue weighted by atomic mass is 35.5. The average molecular weight is 125 g/mol. The molecule has 0 N–H and O–H groups in total. The number of hydrogen-bond donors (Lipinski definition) is 0. The molecular formula is C4H9ClO2. The predicted octanol–water partition coefficient (Wildman–Crippen LogP) is 0.991. The zero-order valence-corrected chi connectivity index (χ0v) is 5.03. The summed E-state index contributed by atoms with van der Waals surface area (Å²) in [7, 11) is 0. The summed E-state index contributed by atoms with van der Waals surface area (Å²) in [4.78, 5) is 9.34. The highest BCUT2D eigenvalue weighted by Crippen LogP contribution is 1.71. The molecule has 0 aliphatic rings. The Morgan fingerprint density at radius 1 is 1.71 bits per heavy atom. The van der Waals surface area contributed by atoms with Crippen LogP contribution >= 0.6 is 12.4 Å². The molecule has 0 radical (unpaired) electrons. The molecule has 0 amide bonds. The summed E-state index contributed by atoms with van der Waals surface area (Å²) in [5, 5.41) is 0. The van der Waals surface area contributed by atoms with Crippen molar-refractivity contribution >= 4 is 18.9 Å². The lowest BCUT2D eigenvalue weighted by Gasteiger charge is -1.86. The third-order valence-corrected chi connectivity index (χ3v) is 0.390. The van der Waals surface area contributed by atoms with Gasteiger partial charge in [0.05, 0.1) is 6.61 Å². The second-order valence-electron chi connectivity index (χ2n) is 0.967. The van der Waals surface area contributed by atoms with Gasteiger partial charge in [-0.1, -0.05) is 6.92 Å². The van der Waals surface area contributed by atoms with Crippen molar-refractivity contribution in [2.45, 2.75) is 13.3 Å². The van der Waals surface area contributed by atoms with Crippen LogP contribution in [0.4, 0.5) is 0 Å². The van der Waals surface area contributed by atoms with Crippen LogP contribution in [-0.2, 0) is 9.53 Å². The van der Waals surface area contributed by atoms with Crippen molar-refractivity contribution in [3.63, 3.8) is 0 Å². The first-order chi connectivity index (χ1) is 2.91. The maximum atomic E-state index is 9.34. The maximum Gasteiger partial charge on any atom is 0.293 e. The SMILES string of the molecule is CCCOC=O.Cl. The Hall–Kier alpha value is -0.240. The van der Waals surface area contributed by atoms with Crippen molar-refractivity contribution in [3.8, 4) is 0 Å². The van der Waals surface area contributed by atoms with Crippen LogP contribution in [0, 0.1) is 0 Å². The Morgan fingerprint density at radius 2 is 2.29 bits per heavy atom. The molecule has 7 heavy (non-hydrogen) atoms. The number of ether oxygens (including phenoxy) is 1. The number of halogens is 1. The molecule has 0 spiro atoms. The summed E-state index contributed by atoms with van der Waals surface area (Å²) < 4.78 is 4.30. The van der Waals surface area contributed by atoms with Crippen molar-refractivity contribution in [3.05, 3.63) is 0 Å². The van der Waals surface area contributed by atoms with Crippen molar-refractivity contribution in [1.29, 1.82) is 0 Å². The van der Waals surface area contributed by atoms with Gasteiger partial charge < -0.3 is 4.74 Å². The van der Waals surface area contributed by atoms with E-state index in [1.165, 1.54) is 0 Å². The van der Waals surface area contributed by atoms with Gasteiger partial charge in [-0.25, -0.2) is 0 Å². The molecule has 3 heteroatoms. The van der Waals surface area contributed by atoms with Crippen LogP contribution < -0.4 is 0 Å². The minimum Gasteiger partial charge on any atom is -0.468 e. The largest absolute Gasteiger partial charge is 0.468 e. The minimum absolute atomic E-state index is 0. The van der Waals surface area contributed by atoms with E-state index in [9.17, 15) is 4.79 Å². The minimum atomic E-state index is 0. The van der Waals surface area contributed by atoms with Crippen LogP contribution in [0.15, 0.2) is 0 Å². The number of carbonyl (C=O) groups excluding carboxylic acids is 1. The van der Waals surface area contributed by atoms with E-state index in [0.29, 0.717) is 13.1 Å². The molecule has 0 atom stereocenters. The fourth-order valence-corrected chi connectivity index (χ4v) is 0.166. The molecule has 0 saturated carbocycles. The number of rotatable bonds is 3. The van der Waals surface area contributed by atoms with Gasteiger partial charge in [0.15, 0.2) is 0 Å². The lowest BCUT2D eigenvalue weighted by molar-refractivity contribution is -0.128. The first-order valence-corrected chi connectivity index (χ1v) is 1.97. The monoisotopic (exact) mass is 124 g/mol. The highest BCUT2D eigenvalue weighted by Gasteiger charge is 1.71. The number of hydrogen-bond acceptors (Lipinski definition) is 2. The first kappa shape index (κ1) is 9.90. The van der Waals surface area contributed by atoms with Gasteiger partial charge >= 0.3 is 0 Å². The molecule has 44 valence electrons. The molecule has 0 aliphatic carbocycles. The van der Waals surface area contributed by atoms with E-state index >= 15 is 0 Å². The van der Waals surface area contributed by atoms with Gasteiger partial charge in [0.25, 0.3) is 6.47 Å². The van der Waals surface area contributed by atoms with Gasteiger partial charge in [-0.2, -0.15) is 0 Å². The summed E-state index contributed by atoms with van der Waals surface area (Å²) in [5.74, 6) is 0. The van der Waals surface area contributed by atoms with Crippen LogP contribution in [0.3, 0.4) is 0 Å². The molecule has 0 rings (SSSR count). The topological polar surface area (TPSA) is 26.3 Å². The molecule has 0 aromatic heterocycles. The Kier molecular flexibility index (Phi) is 13.1. The summed E-state index contributed by atoms with van der Waals surface area (Å²) in [6, 6.07) is 0. The molecule has 2 nitrogen and oxygen atoms in total. The second kappa shape index (κ2) is 9.23. The Labute approximate surface area is 49.3 Å². The molecule has 0 unspecified atom stereocenters. The Balaban J connectivity index is 0. The van der Waals surface area contributed by atoms with E-state index in [4.69, 9.17) is 0 Å². The lowest BCUT2D eigenvalue weighted by atomic mass is 10.5. The van der Waals surface area contributed by atoms with Gasteiger partial charge in [0.1, 0.15) is 0 Å². The van der Waals surface area contributed by atoms with E-state index in [1.54, 1.807) is 0 Å². The van der Waals surface area contributed by atoms with Gasteiger partial charge in [0.2, 0.25) is 0 Å². The first-order valence-electron chi connectivity index (χ1n) is 1.97. The molecular weight excluding hydrogens is 115 g/mol. The molecule has 0 fully saturated rings. The third kappa shape index (κ3) is 10.7. The number of carbonyl (C=O) groups is 1. The summed E-state index contributed by atoms with van der Waals surface area (Å²) in [5.41, 5.74) is 0. The molecule has 0 heterocycles. The van der Waals surface area contributed by atoms with E-state index in [1.807, 2.05) is 6.92 Å². The van der Waals surface area contributed by atoms with Gasteiger partial charge in [0, 0.05) is 0 Å². The summed E-state index contributed by atoms with van der Waals surface area (Å²) in [6.07, 6.45) is 0.902. The average Bonchev–Trinajstić information content (AvgIpc) is 1.61. The molecule has 0 bridgehead atoms. The van der Waals surface area contributed by atoms with Crippen LogP contribution in [0.1, 0.15) is 13.3 Å². The van der Waals surface area contributed by atoms with Crippen molar-refractivity contribution < 1.29 is 9.53 Å². The molecule has 0 aromatic rings. The van der Waals surface area contributed by atoms with Crippen LogP contribution in [-0.4, -0.2) is 13.1 Å². The van der Waals surface area contributed by atoms with Crippen LogP contribution in [0.2, 0.25) is 0 Å². The quantitative estimate of drug-likeness (QED) is 0.414. The smallest absolute Gasteiger partial charge is 0.293 e. The normalized spacial score (nSPS) is 6.43. The van der Waals surface area contributed by atoms with Crippen LogP contribution in [0.5, 0.6) is 0 Å². The molecule has 0 aromatic carbocycles. The van der Waals surface area contributed by atoms with E-state index in [2.05, 4.69) is 4.74 Å². The van der Waals surface area contributed by atoms with Crippen LogP contribution in [0.25, 0.3) is 0 Å². The standard InChI is InChI=1S/C4H8O2.ClH/c1-2-3-6-4-5;/h4H,2-3H2,1H3;1H. The second-order valence-corrected chi connectivity index (χ2v) is 0.967. The van der Waals surface area contributed by atoms with Gasteiger partial charge in [-0.3, -0.25) is 4.79 Å². The van der Waals surface area contributed by atoms with Crippen molar-refractivity contribution in [1.82, 2.24) is 0 Å².